The van der Waals surface area contributed by atoms with Crippen LogP contribution in [-0.4, -0.2) is 31.1 Å². The van der Waals surface area contributed by atoms with Gasteiger partial charge in [0.1, 0.15) is 0 Å². The van der Waals surface area contributed by atoms with E-state index in [2.05, 4.69) is 55.4 Å². The van der Waals surface area contributed by atoms with E-state index in [4.69, 9.17) is 0 Å². The van der Waals surface area contributed by atoms with Crippen molar-refractivity contribution in [2.45, 2.75) is 44.2 Å². The molecule has 1 aromatic carbocycles. The fraction of sp³-hybridized carbons (Fsp3) is 0.625. The standard InChI is InChI=1S/C16H24N2/c1-4-17-15-12-7-5-6-8-13(12)16(2)9-10-18(3)14(15)11-16/h5-8,14-15,17H,4,9-11H2,1-3H3/t14?,15-,16?/m0/s1. The molecule has 2 aliphatic rings. The fourth-order valence-electron chi connectivity index (χ4n) is 3.92. The molecule has 1 saturated heterocycles. The lowest BCUT2D eigenvalue weighted by atomic mass is 9.63. The zero-order valence-electron chi connectivity index (χ0n) is 11.7. The van der Waals surface area contributed by atoms with Gasteiger partial charge in [0.2, 0.25) is 0 Å². The summed E-state index contributed by atoms with van der Waals surface area (Å²) in [5, 5.41) is 3.70. The summed E-state index contributed by atoms with van der Waals surface area (Å²) in [5.74, 6) is 0. The lowest BCUT2D eigenvalue weighted by molar-refractivity contribution is 0.0810. The summed E-state index contributed by atoms with van der Waals surface area (Å²) in [6, 6.07) is 10.2. The number of hydrogen-bond acceptors (Lipinski definition) is 2. The molecule has 0 radical (unpaired) electrons. The second kappa shape index (κ2) is 4.36. The third kappa shape index (κ3) is 1.70. The number of benzene rings is 1. The molecule has 1 N–H and O–H groups in total. The van der Waals surface area contributed by atoms with E-state index in [0.717, 1.165) is 6.54 Å². The lowest BCUT2D eigenvalue weighted by Crippen LogP contribution is -2.55. The minimum Gasteiger partial charge on any atom is -0.309 e. The Labute approximate surface area is 110 Å². The number of fused-ring (bicyclic) bond motifs is 4. The molecule has 1 aromatic rings. The largest absolute Gasteiger partial charge is 0.309 e. The highest BCUT2D eigenvalue weighted by atomic mass is 15.2. The van der Waals surface area contributed by atoms with Crippen molar-refractivity contribution in [1.82, 2.24) is 10.2 Å². The third-order valence-electron chi connectivity index (χ3n) is 5.00. The van der Waals surface area contributed by atoms with Gasteiger partial charge in [-0.05, 0) is 49.5 Å². The average Bonchev–Trinajstić information content (AvgIpc) is 2.39. The predicted molar refractivity (Wildman–Crippen MR) is 75.9 cm³/mol. The van der Waals surface area contributed by atoms with Gasteiger partial charge < -0.3 is 10.2 Å². The van der Waals surface area contributed by atoms with Crippen LogP contribution in [0.15, 0.2) is 24.3 Å². The Hall–Kier alpha value is -0.860. The van der Waals surface area contributed by atoms with E-state index >= 15 is 0 Å². The Balaban J connectivity index is 2.10. The number of nitrogens with one attached hydrogen (secondary N) is 1. The molecule has 0 spiro atoms. The van der Waals surface area contributed by atoms with Crippen LogP contribution in [0.25, 0.3) is 0 Å². The normalized spacial score (nSPS) is 35.3. The van der Waals surface area contributed by atoms with Crippen LogP contribution in [0.4, 0.5) is 0 Å². The predicted octanol–water partition coefficient (Wildman–Crippen LogP) is 2.70. The van der Waals surface area contributed by atoms with E-state index in [-0.39, 0.29) is 0 Å². The van der Waals surface area contributed by atoms with Gasteiger partial charge in [-0.25, -0.2) is 0 Å². The van der Waals surface area contributed by atoms with Gasteiger partial charge in [0.05, 0.1) is 0 Å². The van der Waals surface area contributed by atoms with Gasteiger partial charge in [0, 0.05) is 12.1 Å². The zero-order chi connectivity index (χ0) is 12.8. The van der Waals surface area contributed by atoms with Gasteiger partial charge in [-0.1, -0.05) is 38.1 Å². The maximum Gasteiger partial charge on any atom is 0.0481 e. The van der Waals surface area contributed by atoms with Crippen molar-refractivity contribution in [3.05, 3.63) is 35.4 Å². The van der Waals surface area contributed by atoms with Gasteiger partial charge in [0.15, 0.2) is 0 Å². The first-order valence-electron chi connectivity index (χ1n) is 7.19. The Bertz CT molecular complexity index is 442. The molecule has 2 bridgehead atoms. The third-order valence-corrected chi connectivity index (χ3v) is 5.00. The topological polar surface area (TPSA) is 15.3 Å². The summed E-state index contributed by atoms with van der Waals surface area (Å²) in [5.41, 5.74) is 3.50. The summed E-state index contributed by atoms with van der Waals surface area (Å²) in [4.78, 5) is 2.55. The molecular weight excluding hydrogens is 220 g/mol. The van der Waals surface area contributed by atoms with E-state index in [9.17, 15) is 0 Å². The lowest BCUT2D eigenvalue weighted by Gasteiger charge is -2.52. The molecule has 3 atom stereocenters. The summed E-state index contributed by atoms with van der Waals surface area (Å²) < 4.78 is 0. The van der Waals surface area contributed by atoms with Gasteiger partial charge in [-0.3, -0.25) is 0 Å². The van der Waals surface area contributed by atoms with Crippen molar-refractivity contribution in [3.63, 3.8) is 0 Å². The molecule has 1 heterocycles. The molecule has 2 heteroatoms. The van der Waals surface area contributed by atoms with Gasteiger partial charge in [-0.2, -0.15) is 0 Å². The number of rotatable bonds is 2. The van der Waals surface area contributed by atoms with Crippen LogP contribution >= 0.6 is 0 Å². The molecule has 3 rings (SSSR count). The van der Waals surface area contributed by atoms with E-state index < -0.39 is 0 Å². The molecular formula is C16H24N2. The van der Waals surface area contributed by atoms with E-state index in [1.54, 1.807) is 5.56 Å². The Morgan fingerprint density at radius 1 is 1.39 bits per heavy atom. The highest BCUT2D eigenvalue weighted by Gasteiger charge is 2.45. The first-order valence-corrected chi connectivity index (χ1v) is 7.19. The quantitative estimate of drug-likeness (QED) is 0.860. The number of hydrogen-bond donors (Lipinski definition) is 1. The molecule has 2 unspecified atom stereocenters. The number of likely N-dealkylation sites (N-methyl/N-ethyl adjacent to an activating group) is 2. The van der Waals surface area contributed by atoms with Crippen molar-refractivity contribution in [2.24, 2.45) is 0 Å². The molecule has 0 saturated carbocycles. The van der Waals surface area contributed by atoms with Crippen molar-refractivity contribution in [1.29, 1.82) is 0 Å². The molecule has 1 fully saturated rings. The first kappa shape index (κ1) is 12.2. The van der Waals surface area contributed by atoms with Gasteiger partial charge in [0.25, 0.3) is 0 Å². The fourth-order valence-corrected chi connectivity index (χ4v) is 3.92. The second-order valence-corrected chi connectivity index (χ2v) is 6.19. The minimum atomic E-state index is 0.389. The summed E-state index contributed by atoms with van der Waals surface area (Å²) in [6.45, 7) is 6.92. The van der Waals surface area contributed by atoms with Crippen LogP contribution < -0.4 is 5.32 Å². The van der Waals surface area contributed by atoms with Crippen molar-refractivity contribution >= 4 is 0 Å². The average molecular weight is 244 g/mol. The smallest absolute Gasteiger partial charge is 0.0481 e. The Kier molecular flexibility index (Phi) is 2.95. The first-order chi connectivity index (χ1) is 8.65. The molecule has 0 amide bonds. The van der Waals surface area contributed by atoms with Crippen LogP contribution in [0.3, 0.4) is 0 Å². The van der Waals surface area contributed by atoms with Gasteiger partial charge >= 0.3 is 0 Å². The number of likely N-dealkylation sites (tertiary alicyclic amines) is 1. The van der Waals surface area contributed by atoms with Crippen molar-refractivity contribution in [3.8, 4) is 0 Å². The van der Waals surface area contributed by atoms with Crippen LogP contribution in [-0.2, 0) is 5.41 Å². The highest BCUT2D eigenvalue weighted by Crippen LogP contribution is 2.48. The van der Waals surface area contributed by atoms with Crippen LogP contribution in [0.2, 0.25) is 0 Å². The van der Waals surface area contributed by atoms with E-state index in [0.29, 0.717) is 17.5 Å². The molecule has 1 aliphatic carbocycles. The second-order valence-electron chi connectivity index (χ2n) is 6.19. The minimum absolute atomic E-state index is 0.389. The number of piperidine rings is 1. The van der Waals surface area contributed by atoms with Crippen molar-refractivity contribution < 1.29 is 0 Å². The SMILES string of the molecule is CCN[C@H]1c2ccccc2C2(C)CCN(C)C1C2. The number of nitrogens with zero attached hydrogens (tertiary/aromatic N) is 1. The Morgan fingerprint density at radius 3 is 2.94 bits per heavy atom. The molecule has 1 aliphatic heterocycles. The highest BCUT2D eigenvalue weighted by molar-refractivity contribution is 5.41. The van der Waals surface area contributed by atoms with Gasteiger partial charge in [-0.15, -0.1) is 0 Å². The van der Waals surface area contributed by atoms with Crippen LogP contribution in [0.5, 0.6) is 0 Å². The molecule has 2 nitrogen and oxygen atoms in total. The molecule has 18 heavy (non-hydrogen) atoms. The van der Waals surface area contributed by atoms with Crippen molar-refractivity contribution in [2.75, 3.05) is 20.1 Å². The molecule has 98 valence electrons. The summed E-state index contributed by atoms with van der Waals surface area (Å²) >= 11 is 0. The van der Waals surface area contributed by atoms with Crippen LogP contribution in [0.1, 0.15) is 43.9 Å². The van der Waals surface area contributed by atoms with Crippen LogP contribution in [0, 0.1) is 0 Å². The zero-order valence-corrected chi connectivity index (χ0v) is 11.7. The maximum absolute atomic E-state index is 3.70. The maximum atomic E-state index is 3.70. The monoisotopic (exact) mass is 244 g/mol. The molecule has 0 aromatic heterocycles. The van der Waals surface area contributed by atoms with E-state index in [1.165, 1.54) is 24.9 Å². The van der Waals surface area contributed by atoms with E-state index in [1.807, 2.05) is 0 Å². The summed E-state index contributed by atoms with van der Waals surface area (Å²) in [7, 11) is 2.28. The Morgan fingerprint density at radius 2 is 2.17 bits per heavy atom. The summed E-state index contributed by atoms with van der Waals surface area (Å²) in [6.07, 6.45) is 2.58.